The summed E-state index contributed by atoms with van der Waals surface area (Å²) < 4.78 is 2.10. The van der Waals surface area contributed by atoms with Gasteiger partial charge in [0, 0.05) is 22.2 Å². The maximum Gasteiger partial charge on any atom is 0.226 e. The minimum absolute atomic E-state index is 0.0478. The van der Waals surface area contributed by atoms with Crippen LogP contribution >= 0.6 is 39.0 Å². The van der Waals surface area contributed by atoms with Gasteiger partial charge in [0.05, 0.1) is 12.1 Å². The fourth-order valence-corrected chi connectivity index (χ4v) is 3.72. The van der Waals surface area contributed by atoms with E-state index in [9.17, 15) is 4.79 Å². The van der Waals surface area contributed by atoms with Crippen molar-refractivity contribution in [2.45, 2.75) is 29.9 Å². The number of nitrogens with one attached hydrogen (secondary N) is 1. The summed E-state index contributed by atoms with van der Waals surface area (Å²) in [6, 6.07) is 8.29. The average Bonchev–Trinajstić information content (AvgIpc) is 2.92. The molecule has 3 nitrogen and oxygen atoms in total. The highest BCUT2D eigenvalue weighted by molar-refractivity contribution is 9.10. The molecule has 2 rings (SSSR count). The normalized spacial score (nSPS) is 10.6. The Hall–Kier alpha value is -0.850. The third-order valence-electron chi connectivity index (χ3n) is 2.72. The molecule has 1 aromatic heterocycles. The monoisotopic (exact) mass is 384 g/mol. The van der Waals surface area contributed by atoms with Crippen molar-refractivity contribution >= 4 is 44.9 Å². The molecule has 1 heterocycles. The first kappa shape index (κ1) is 16.5. The summed E-state index contributed by atoms with van der Waals surface area (Å²) in [5, 5.41) is 4.84. The summed E-state index contributed by atoms with van der Waals surface area (Å²) in [4.78, 5) is 16.1. The minimum Gasteiger partial charge on any atom is -0.356 e. The number of benzene rings is 1. The van der Waals surface area contributed by atoms with Gasteiger partial charge < -0.3 is 5.32 Å². The SMILES string of the molecule is CCCNC(=O)Cc1csc(SCc2ccc(Br)cc2)n1. The maximum atomic E-state index is 11.6. The molecule has 0 aliphatic carbocycles. The molecular formula is C15H17BrN2OS2. The number of hydrogen-bond acceptors (Lipinski definition) is 4. The molecular weight excluding hydrogens is 368 g/mol. The zero-order valence-corrected chi connectivity index (χ0v) is 15.0. The first-order valence-electron chi connectivity index (χ1n) is 6.75. The first-order chi connectivity index (χ1) is 10.2. The van der Waals surface area contributed by atoms with Crippen LogP contribution in [0.1, 0.15) is 24.6 Å². The highest BCUT2D eigenvalue weighted by Gasteiger charge is 2.07. The lowest BCUT2D eigenvalue weighted by molar-refractivity contribution is -0.120. The molecule has 0 aliphatic heterocycles. The first-order valence-corrected chi connectivity index (χ1v) is 9.41. The fraction of sp³-hybridized carbons (Fsp3) is 0.333. The predicted molar refractivity (Wildman–Crippen MR) is 92.8 cm³/mol. The molecule has 1 N–H and O–H groups in total. The number of carbonyl (C=O) groups excluding carboxylic acids is 1. The molecule has 0 atom stereocenters. The van der Waals surface area contributed by atoms with E-state index >= 15 is 0 Å². The van der Waals surface area contributed by atoms with Gasteiger partial charge in [-0.15, -0.1) is 11.3 Å². The molecule has 0 radical (unpaired) electrons. The number of carbonyl (C=O) groups is 1. The molecule has 21 heavy (non-hydrogen) atoms. The Morgan fingerprint density at radius 2 is 2.14 bits per heavy atom. The Labute approximate surface area is 141 Å². The van der Waals surface area contributed by atoms with Crippen molar-refractivity contribution in [1.82, 2.24) is 10.3 Å². The van der Waals surface area contributed by atoms with E-state index in [2.05, 4.69) is 38.4 Å². The topological polar surface area (TPSA) is 42.0 Å². The van der Waals surface area contributed by atoms with Crippen LogP contribution in [-0.4, -0.2) is 17.4 Å². The standard InChI is InChI=1S/C15H17BrN2OS2/c1-2-7-17-14(19)8-13-10-21-15(18-13)20-9-11-3-5-12(16)6-4-11/h3-6,10H,2,7-9H2,1H3,(H,17,19). The number of rotatable bonds is 7. The number of thiazole rings is 1. The van der Waals surface area contributed by atoms with Crippen molar-refractivity contribution in [3.05, 3.63) is 45.4 Å². The highest BCUT2D eigenvalue weighted by atomic mass is 79.9. The van der Waals surface area contributed by atoms with Crippen molar-refractivity contribution in [3.8, 4) is 0 Å². The molecule has 6 heteroatoms. The van der Waals surface area contributed by atoms with Crippen LogP contribution in [0.3, 0.4) is 0 Å². The zero-order chi connectivity index (χ0) is 15.1. The molecule has 112 valence electrons. The number of amides is 1. The lowest BCUT2D eigenvalue weighted by Crippen LogP contribution is -2.25. The van der Waals surface area contributed by atoms with Gasteiger partial charge in [-0.05, 0) is 24.1 Å². The number of halogens is 1. The fourth-order valence-electron chi connectivity index (χ4n) is 1.65. The number of aromatic nitrogens is 1. The minimum atomic E-state index is 0.0478. The van der Waals surface area contributed by atoms with Crippen LogP contribution in [0.5, 0.6) is 0 Å². The van der Waals surface area contributed by atoms with Crippen molar-refractivity contribution in [1.29, 1.82) is 0 Å². The molecule has 0 saturated carbocycles. The summed E-state index contributed by atoms with van der Waals surface area (Å²) in [6.45, 7) is 2.77. The van der Waals surface area contributed by atoms with Crippen LogP contribution in [0.25, 0.3) is 0 Å². The van der Waals surface area contributed by atoms with Crippen LogP contribution in [0, 0.1) is 0 Å². The molecule has 1 aromatic carbocycles. The van der Waals surface area contributed by atoms with Gasteiger partial charge in [-0.1, -0.05) is 46.7 Å². The summed E-state index contributed by atoms with van der Waals surface area (Å²) in [6.07, 6.45) is 1.33. The third-order valence-corrected chi connectivity index (χ3v) is 5.39. The molecule has 0 aliphatic rings. The molecule has 0 bridgehead atoms. The van der Waals surface area contributed by atoms with Crippen LogP contribution in [-0.2, 0) is 17.0 Å². The van der Waals surface area contributed by atoms with Gasteiger partial charge >= 0.3 is 0 Å². The van der Waals surface area contributed by atoms with E-state index < -0.39 is 0 Å². The lowest BCUT2D eigenvalue weighted by atomic mass is 10.2. The Morgan fingerprint density at radius 3 is 2.86 bits per heavy atom. The van der Waals surface area contributed by atoms with E-state index in [-0.39, 0.29) is 5.91 Å². The quantitative estimate of drug-likeness (QED) is 0.724. The second kappa shape index (κ2) is 8.56. The molecule has 2 aromatic rings. The van der Waals surface area contributed by atoms with Gasteiger partial charge in [0.15, 0.2) is 0 Å². The summed E-state index contributed by atoms with van der Waals surface area (Å²) >= 11 is 6.74. The number of hydrogen-bond donors (Lipinski definition) is 1. The van der Waals surface area contributed by atoms with E-state index in [1.54, 1.807) is 23.1 Å². The smallest absolute Gasteiger partial charge is 0.226 e. The molecule has 0 spiro atoms. The van der Waals surface area contributed by atoms with Gasteiger partial charge in [-0.25, -0.2) is 4.98 Å². The third kappa shape index (κ3) is 5.80. The van der Waals surface area contributed by atoms with Crippen LogP contribution in [0.2, 0.25) is 0 Å². The molecule has 0 unspecified atom stereocenters. The summed E-state index contributed by atoms with van der Waals surface area (Å²) in [5.74, 6) is 0.939. The van der Waals surface area contributed by atoms with E-state index in [4.69, 9.17) is 0 Å². The molecule has 1 amide bonds. The predicted octanol–water partition coefficient (Wildman–Crippen LogP) is 4.27. The Bertz CT molecular complexity index is 584. The van der Waals surface area contributed by atoms with Crippen LogP contribution < -0.4 is 5.32 Å². The summed E-state index contributed by atoms with van der Waals surface area (Å²) in [5.41, 5.74) is 2.12. The Morgan fingerprint density at radius 1 is 1.38 bits per heavy atom. The van der Waals surface area contributed by atoms with Gasteiger partial charge in [-0.3, -0.25) is 4.79 Å². The van der Waals surface area contributed by atoms with E-state index in [0.29, 0.717) is 6.42 Å². The Kier molecular flexibility index (Phi) is 6.73. The van der Waals surface area contributed by atoms with E-state index in [1.165, 1.54) is 5.56 Å². The second-order valence-electron chi connectivity index (χ2n) is 4.55. The van der Waals surface area contributed by atoms with Crippen LogP contribution in [0.4, 0.5) is 0 Å². The largest absolute Gasteiger partial charge is 0.356 e. The van der Waals surface area contributed by atoms with E-state index in [1.807, 2.05) is 24.4 Å². The Balaban J connectivity index is 1.82. The number of nitrogens with zero attached hydrogens (tertiary/aromatic N) is 1. The van der Waals surface area contributed by atoms with E-state index in [0.717, 1.165) is 33.2 Å². The zero-order valence-electron chi connectivity index (χ0n) is 11.8. The van der Waals surface area contributed by atoms with Gasteiger partial charge in [0.25, 0.3) is 0 Å². The maximum absolute atomic E-state index is 11.6. The lowest BCUT2D eigenvalue weighted by Gasteiger charge is -2.01. The van der Waals surface area contributed by atoms with Gasteiger partial charge in [0.2, 0.25) is 5.91 Å². The van der Waals surface area contributed by atoms with Gasteiger partial charge in [0.1, 0.15) is 4.34 Å². The van der Waals surface area contributed by atoms with Crippen LogP contribution in [0.15, 0.2) is 38.5 Å². The van der Waals surface area contributed by atoms with Gasteiger partial charge in [-0.2, -0.15) is 0 Å². The van der Waals surface area contributed by atoms with Crippen molar-refractivity contribution in [2.24, 2.45) is 0 Å². The van der Waals surface area contributed by atoms with Crippen molar-refractivity contribution in [2.75, 3.05) is 6.54 Å². The summed E-state index contributed by atoms with van der Waals surface area (Å²) in [7, 11) is 0. The van der Waals surface area contributed by atoms with Crippen molar-refractivity contribution < 1.29 is 4.79 Å². The van der Waals surface area contributed by atoms with Crippen molar-refractivity contribution in [3.63, 3.8) is 0 Å². The average molecular weight is 385 g/mol. The second-order valence-corrected chi connectivity index (χ2v) is 7.54. The molecule has 0 fully saturated rings. The molecule has 0 saturated heterocycles. The number of thioether (sulfide) groups is 1. The highest BCUT2D eigenvalue weighted by Crippen LogP contribution is 2.26.